The van der Waals surface area contributed by atoms with Crippen LogP contribution in [0.2, 0.25) is 0 Å². The Bertz CT molecular complexity index is 376. The monoisotopic (exact) mass is 240 g/mol. The number of benzene rings is 1. The second kappa shape index (κ2) is 4.39. The van der Waals surface area contributed by atoms with Gasteiger partial charge in [0, 0.05) is 11.1 Å². The van der Waals surface area contributed by atoms with E-state index in [1.165, 1.54) is 0 Å². The molecule has 0 aromatic heterocycles. The highest BCUT2D eigenvalue weighted by molar-refractivity contribution is 5.37. The largest absolute Gasteiger partial charge is 0.386 e. The maximum Gasteiger partial charge on any atom is 0.135 e. The summed E-state index contributed by atoms with van der Waals surface area (Å²) in [5.74, 6) is -0.526. The lowest BCUT2D eigenvalue weighted by molar-refractivity contribution is 0.0638. The van der Waals surface area contributed by atoms with Crippen LogP contribution in [0.15, 0.2) is 12.1 Å². The van der Waals surface area contributed by atoms with E-state index in [1.807, 2.05) is 6.92 Å². The Morgan fingerprint density at radius 2 is 1.35 bits per heavy atom. The minimum absolute atomic E-state index is 0.231. The van der Waals surface area contributed by atoms with Crippen molar-refractivity contribution in [2.24, 2.45) is 0 Å². The average Bonchev–Trinajstić information content (AvgIpc) is 2.14. The Kier molecular flexibility index (Phi) is 3.65. The van der Waals surface area contributed by atoms with Crippen LogP contribution in [0.5, 0.6) is 0 Å². The van der Waals surface area contributed by atoms with Crippen molar-refractivity contribution in [3.8, 4) is 0 Å². The standard InChI is InChI=1S/C14H21FO2/c1-6-9-7-10(13(2,3)16)12(15)11(8-9)14(4,5)17/h7-8,16-17H,6H2,1-5H3. The zero-order chi connectivity index (χ0) is 13.4. The van der Waals surface area contributed by atoms with Crippen LogP contribution < -0.4 is 0 Å². The van der Waals surface area contributed by atoms with Gasteiger partial charge in [0.05, 0.1) is 11.2 Å². The zero-order valence-electron chi connectivity index (χ0n) is 11.1. The number of hydrogen-bond donors (Lipinski definition) is 2. The van der Waals surface area contributed by atoms with Crippen molar-refractivity contribution in [3.63, 3.8) is 0 Å². The van der Waals surface area contributed by atoms with E-state index in [4.69, 9.17) is 0 Å². The van der Waals surface area contributed by atoms with Gasteiger partial charge in [-0.2, -0.15) is 0 Å². The van der Waals surface area contributed by atoms with E-state index in [0.717, 1.165) is 12.0 Å². The SMILES string of the molecule is CCc1cc(C(C)(C)O)c(F)c(C(C)(C)O)c1. The van der Waals surface area contributed by atoms with Crippen LogP contribution in [0.1, 0.15) is 51.3 Å². The molecule has 1 rings (SSSR count). The van der Waals surface area contributed by atoms with Crippen LogP contribution in [-0.4, -0.2) is 10.2 Å². The second-order valence-electron chi connectivity index (χ2n) is 5.48. The molecule has 1 aromatic carbocycles. The smallest absolute Gasteiger partial charge is 0.135 e. The van der Waals surface area contributed by atoms with Crippen molar-refractivity contribution in [1.82, 2.24) is 0 Å². The molecular formula is C14H21FO2. The summed E-state index contributed by atoms with van der Waals surface area (Å²) in [5, 5.41) is 19.9. The molecule has 0 heterocycles. The fraction of sp³-hybridized carbons (Fsp3) is 0.571. The van der Waals surface area contributed by atoms with Crippen LogP contribution in [0, 0.1) is 5.82 Å². The van der Waals surface area contributed by atoms with E-state index in [-0.39, 0.29) is 11.1 Å². The molecule has 0 saturated heterocycles. The first-order valence-corrected chi connectivity index (χ1v) is 5.85. The molecule has 96 valence electrons. The number of halogens is 1. The summed E-state index contributed by atoms with van der Waals surface area (Å²) in [4.78, 5) is 0. The molecule has 0 saturated carbocycles. The van der Waals surface area contributed by atoms with E-state index in [9.17, 15) is 14.6 Å². The first kappa shape index (κ1) is 14.1. The molecule has 0 bridgehead atoms. The number of rotatable bonds is 3. The van der Waals surface area contributed by atoms with Crippen molar-refractivity contribution in [1.29, 1.82) is 0 Å². The fourth-order valence-electron chi connectivity index (χ4n) is 1.78. The molecule has 0 radical (unpaired) electrons. The summed E-state index contributed by atoms with van der Waals surface area (Å²) in [5.41, 5.74) is -1.14. The lowest BCUT2D eigenvalue weighted by Crippen LogP contribution is -2.24. The van der Waals surface area contributed by atoms with Gasteiger partial charge in [-0.05, 0) is 51.8 Å². The van der Waals surface area contributed by atoms with Gasteiger partial charge in [-0.3, -0.25) is 0 Å². The summed E-state index contributed by atoms with van der Waals surface area (Å²) in [6, 6.07) is 3.31. The highest BCUT2D eigenvalue weighted by Crippen LogP contribution is 2.32. The first-order chi connectivity index (χ1) is 7.57. The molecule has 0 atom stereocenters. The van der Waals surface area contributed by atoms with Gasteiger partial charge in [-0.25, -0.2) is 4.39 Å². The normalized spacial score (nSPS) is 12.9. The third-order valence-electron chi connectivity index (χ3n) is 2.86. The molecule has 2 nitrogen and oxygen atoms in total. The van der Waals surface area contributed by atoms with Gasteiger partial charge >= 0.3 is 0 Å². The van der Waals surface area contributed by atoms with Crippen molar-refractivity contribution < 1.29 is 14.6 Å². The predicted octanol–water partition coefficient (Wildman–Crippen LogP) is 2.84. The van der Waals surface area contributed by atoms with E-state index in [0.29, 0.717) is 0 Å². The van der Waals surface area contributed by atoms with Crippen LogP contribution in [0.25, 0.3) is 0 Å². The van der Waals surface area contributed by atoms with Gasteiger partial charge in [0.25, 0.3) is 0 Å². The molecular weight excluding hydrogens is 219 g/mol. The first-order valence-electron chi connectivity index (χ1n) is 5.85. The van der Waals surface area contributed by atoms with Crippen LogP contribution in [-0.2, 0) is 17.6 Å². The maximum atomic E-state index is 14.3. The third-order valence-corrected chi connectivity index (χ3v) is 2.86. The number of aryl methyl sites for hydroxylation is 1. The molecule has 2 N–H and O–H groups in total. The third kappa shape index (κ3) is 3.05. The fourth-order valence-corrected chi connectivity index (χ4v) is 1.78. The van der Waals surface area contributed by atoms with Gasteiger partial charge in [0.15, 0.2) is 0 Å². The summed E-state index contributed by atoms with van der Waals surface area (Å²) in [7, 11) is 0. The maximum absolute atomic E-state index is 14.3. The predicted molar refractivity (Wildman–Crippen MR) is 66.3 cm³/mol. The Morgan fingerprint density at radius 1 is 1.00 bits per heavy atom. The van der Waals surface area contributed by atoms with Crippen molar-refractivity contribution in [2.45, 2.75) is 52.2 Å². The molecule has 0 aliphatic heterocycles. The Balaban J connectivity index is 3.53. The van der Waals surface area contributed by atoms with Gasteiger partial charge in [0.2, 0.25) is 0 Å². The van der Waals surface area contributed by atoms with Crippen LogP contribution in [0.4, 0.5) is 4.39 Å². The summed E-state index contributed by atoms with van der Waals surface area (Å²) >= 11 is 0. The minimum atomic E-state index is -1.25. The van der Waals surface area contributed by atoms with E-state index < -0.39 is 17.0 Å². The van der Waals surface area contributed by atoms with Crippen LogP contribution in [0.3, 0.4) is 0 Å². The van der Waals surface area contributed by atoms with Gasteiger partial charge in [0.1, 0.15) is 5.82 Å². The molecule has 0 unspecified atom stereocenters. The summed E-state index contributed by atoms with van der Waals surface area (Å²) in [6.07, 6.45) is 0.729. The topological polar surface area (TPSA) is 40.5 Å². The summed E-state index contributed by atoms with van der Waals surface area (Å²) in [6.45, 7) is 8.12. The Hall–Kier alpha value is -0.930. The van der Waals surface area contributed by atoms with Crippen LogP contribution >= 0.6 is 0 Å². The lowest BCUT2D eigenvalue weighted by atomic mass is 9.87. The van der Waals surface area contributed by atoms with Gasteiger partial charge < -0.3 is 10.2 Å². The van der Waals surface area contributed by atoms with Gasteiger partial charge in [-0.15, -0.1) is 0 Å². The van der Waals surface area contributed by atoms with E-state index >= 15 is 0 Å². The van der Waals surface area contributed by atoms with Crippen molar-refractivity contribution >= 4 is 0 Å². The highest BCUT2D eigenvalue weighted by Gasteiger charge is 2.28. The lowest BCUT2D eigenvalue weighted by Gasteiger charge is -2.26. The molecule has 0 aliphatic carbocycles. The molecule has 1 aromatic rings. The van der Waals surface area contributed by atoms with E-state index in [1.54, 1.807) is 39.8 Å². The number of hydrogen-bond acceptors (Lipinski definition) is 2. The molecule has 0 amide bonds. The molecule has 17 heavy (non-hydrogen) atoms. The Morgan fingerprint density at radius 3 is 1.59 bits per heavy atom. The van der Waals surface area contributed by atoms with Crippen molar-refractivity contribution in [3.05, 3.63) is 34.6 Å². The van der Waals surface area contributed by atoms with E-state index in [2.05, 4.69) is 0 Å². The summed E-state index contributed by atoms with van der Waals surface area (Å²) < 4.78 is 14.3. The Labute approximate surface area is 102 Å². The molecule has 0 aliphatic rings. The average molecular weight is 240 g/mol. The highest BCUT2D eigenvalue weighted by atomic mass is 19.1. The molecule has 0 spiro atoms. The minimum Gasteiger partial charge on any atom is -0.386 e. The van der Waals surface area contributed by atoms with Crippen molar-refractivity contribution in [2.75, 3.05) is 0 Å². The molecule has 0 fully saturated rings. The number of aliphatic hydroxyl groups is 2. The zero-order valence-corrected chi connectivity index (χ0v) is 11.1. The molecule has 3 heteroatoms. The quantitative estimate of drug-likeness (QED) is 0.853. The van der Waals surface area contributed by atoms with Gasteiger partial charge in [-0.1, -0.05) is 6.92 Å². The second-order valence-corrected chi connectivity index (χ2v) is 5.48.